The van der Waals surface area contributed by atoms with Gasteiger partial charge in [0.2, 0.25) is 5.91 Å². The van der Waals surface area contributed by atoms with E-state index in [1.807, 2.05) is 7.05 Å². The second-order valence-corrected chi connectivity index (χ2v) is 4.62. The molecule has 1 atom stereocenters. The fraction of sp³-hybridized carbons (Fsp3) is 0.917. The van der Waals surface area contributed by atoms with E-state index in [9.17, 15) is 4.79 Å². The van der Waals surface area contributed by atoms with Gasteiger partial charge in [0.1, 0.15) is 0 Å². The number of amides is 1. The lowest BCUT2D eigenvalue weighted by molar-refractivity contribution is -0.119. The van der Waals surface area contributed by atoms with Crippen molar-refractivity contribution in [3.05, 3.63) is 0 Å². The molecule has 3 N–H and O–H groups in total. The normalized spacial score (nSPS) is 14.9. The molecule has 1 amide bonds. The van der Waals surface area contributed by atoms with E-state index in [4.69, 9.17) is 5.73 Å². The van der Waals surface area contributed by atoms with Crippen LogP contribution in [0.15, 0.2) is 0 Å². The molecule has 0 fully saturated rings. The van der Waals surface area contributed by atoms with Crippen molar-refractivity contribution in [1.82, 2.24) is 5.32 Å². The van der Waals surface area contributed by atoms with Gasteiger partial charge in [0.05, 0.1) is 0 Å². The first-order chi connectivity index (χ1) is 7.04. The molecule has 0 aliphatic heterocycles. The zero-order chi connectivity index (χ0) is 11.7. The van der Waals surface area contributed by atoms with Crippen LogP contribution >= 0.6 is 0 Å². The van der Waals surface area contributed by atoms with Crippen LogP contribution in [0.3, 0.4) is 0 Å². The molecule has 0 rings (SSSR count). The summed E-state index contributed by atoms with van der Waals surface area (Å²) in [6.07, 6.45) is 7.76. The van der Waals surface area contributed by atoms with Gasteiger partial charge in [0, 0.05) is 12.0 Å². The van der Waals surface area contributed by atoms with E-state index in [1.54, 1.807) is 0 Å². The van der Waals surface area contributed by atoms with Gasteiger partial charge >= 0.3 is 0 Å². The number of primary amides is 1. The van der Waals surface area contributed by atoms with Crippen molar-refractivity contribution in [2.75, 3.05) is 7.05 Å². The van der Waals surface area contributed by atoms with E-state index in [-0.39, 0.29) is 11.4 Å². The highest BCUT2D eigenvalue weighted by atomic mass is 16.1. The zero-order valence-corrected chi connectivity index (χ0v) is 10.4. The maximum absolute atomic E-state index is 10.9. The second kappa shape index (κ2) is 7.69. The molecule has 0 aliphatic rings. The van der Waals surface area contributed by atoms with Crippen LogP contribution in [0, 0.1) is 0 Å². The highest BCUT2D eigenvalue weighted by molar-refractivity contribution is 5.75. The minimum Gasteiger partial charge on any atom is -0.370 e. The van der Waals surface area contributed by atoms with Gasteiger partial charge in [-0.3, -0.25) is 4.79 Å². The molecule has 0 aromatic rings. The van der Waals surface area contributed by atoms with Crippen LogP contribution in [0.25, 0.3) is 0 Å². The van der Waals surface area contributed by atoms with Crippen LogP contribution in [0.2, 0.25) is 0 Å². The predicted octanol–water partition coefficient (Wildman–Crippen LogP) is 2.20. The Morgan fingerprint density at radius 1 is 1.27 bits per heavy atom. The number of unbranched alkanes of at least 4 members (excludes halogenated alkanes) is 4. The van der Waals surface area contributed by atoms with Crippen molar-refractivity contribution < 1.29 is 4.79 Å². The summed E-state index contributed by atoms with van der Waals surface area (Å²) >= 11 is 0. The van der Waals surface area contributed by atoms with Crippen LogP contribution in [0.1, 0.15) is 58.8 Å². The third kappa shape index (κ3) is 7.37. The van der Waals surface area contributed by atoms with Gasteiger partial charge in [-0.25, -0.2) is 0 Å². The lowest BCUT2D eigenvalue weighted by atomic mass is 9.90. The van der Waals surface area contributed by atoms with Crippen molar-refractivity contribution in [1.29, 1.82) is 0 Å². The monoisotopic (exact) mass is 214 g/mol. The fourth-order valence-electron chi connectivity index (χ4n) is 1.81. The molecule has 3 nitrogen and oxygen atoms in total. The number of hydrogen-bond donors (Lipinski definition) is 2. The largest absolute Gasteiger partial charge is 0.370 e. The summed E-state index contributed by atoms with van der Waals surface area (Å²) in [5, 5.41) is 3.20. The molecule has 90 valence electrons. The first-order valence-corrected chi connectivity index (χ1v) is 6.01. The molecule has 15 heavy (non-hydrogen) atoms. The molecule has 0 spiro atoms. The van der Waals surface area contributed by atoms with Crippen molar-refractivity contribution in [2.24, 2.45) is 5.73 Å². The fourth-order valence-corrected chi connectivity index (χ4v) is 1.81. The number of rotatable bonds is 9. The van der Waals surface area contributed by atoms with Gasteiger partial charge in [0.15, 0.2) is 0 Å². The second-order valence-electron chi connectivity index (χ2n) is 4.62. The van der Waals surface area contributed by atoms with E-state index >= 15 is 0 Å². The first-order valence-electron chi connectivity index (χ1n) is 6.01. The number of carbonyl (C=O) groups excluding carboxylic acids is 1. The summed E-state index contributed by atoms with van der Waals surface area (Å²) in [6.45, 7) is 4.28. The van der Waals surface area contributed by atoms with Crippen molar-refractivity contribution in [3.8, 4) is 0 Å². The maximum atomic E-state index is 10.9. The van der Waals surface area contributed by atoms with Gasteiger partial charge in [0.25, 0.3) is 0 Å². The van der Waals surface area contributed by atoms with E-state index < -0.39 is 0 Å². The third-order valence-electron chi connectivity index (χ3n) is 3.00. The maximum Gasteiger partial charge on any atom is 0.219 e. The Hall–Kier alpha value is -0.570. The zero-order valence-electron chi connectivity index (χ0n) is 10.4. The highest BCUT2D eigenvalue weighted by Gasteiger charge is 2.23. The Kier molecular flexibility index (Phi) is 7.39. The Balaban J connectivity index is 3.73. The first kappa shape index (κ1) is 14.4. The average molecular weight is 214 g/mol. The molecule has 0 aromatic heterocycles. The smallest absolute Gasteiger partial charge is 0.219 e. The van der Waals surface area contributed by atoms with Gasteiger partial charge in [-0.2, -0.15) is 0 Å². The number of nitrogens with two attached hydrogens (primary N) is 1. The molecule has 0 saturated heterocycles. The molecular weight excluding hydrogens is 188 g/mol. The van der Waals surface area contributed by atoms with E-state index in [2.05, 4.69) is 19.2 Å². The van der Waals surface area contributed by atoms with Gasteiger partial charge < -0.3 is 11.1 Å². The summed E-state index contributed by atoms with van der Waals surface area (Å²) < 4.78 is 0. The SMILES string of the molecule is CCCCCCCC(C)(CC(N)=O)NC. The molecular formula is C12H26N2O. The van der Waals surface area contributed by atoms with Gasteiger partial charge in [-0.15, -0.1) is 0 Å². The molecule has 1 unspecified atom stereocenters. The Bertz CT molecular complexity index is 182. The average Bonchev–Trinajstić information content (AvgIpc) is 2.16. The Morgan fingerprint density at radius 2 is 1.87 bits per heavy atom. The van der Waals surface area contributed by atoms with Crippen LogP contribution in [0.5, 0.6) is 0 Å². The third-order valence-corrected chi connectivity index (χ3v) is 3.00. The number of hydrogen-bond acceptors (Lipinski definition) is 2. The van der Waals surface area contributed by atoms with Crippen molar-refractivity contribution in [2.45, 2.75) is 64.3 Å². The van der Waals surface area contributed by atoms with Crippen LogP contribution in [0.4, 0.5) is 0 Å². The number of carbonyl (C=O) groups is 1. The topological polar surface area (TPSA) is 55.1 Å². The quantitative estimate of drug-likeness (QED) is 0.578. The molecule has 0 radical (unpaired) electrons. The minimum absolute atomic E-state index is 0.113. The summed E-state index contributed by atoms with van der Waals surface area (Å²) in [6, 6.07) is 0. The Labute approximate surface area is 93.8 Å². The molecule has 0 bridgehead atoms. The lowest BCUT2D eigenvalue weighted by Gasteiger charge is -2.27. The van der Waals surface area contributed by atoms with Gasteiger partial charge in [-0.1, -0.05) is 39.0 Å². The summed E-state index contributed by atoms with van der Waals surface area (Å²) in [4.78, 5) is 10.9. The van der Waals surface area contributed by atoms with Crippen molar-refractivity contribution >= 4 is 5.91 Å². The van der Waals surface area contributed by atoms with Crippen LogP contribution in [-0.2, 0) is 4.79 Å². The lowest BCUT2D eigenvalue weighted by Crippen LogP contribution is -2.43. The number of nitrogens with one attached hydrogen (secondary N) is 1. The molecule has 0 aliphatic carbocycles. The Morgan fingerprint density at radius 3 is 2.33 bits per heavy atom. The standard InChI is InChI=1S/C12H26N2O/c1-4-5-6-7-8-9-12(2,14-3)10-11(13)15/h14H,4-10H2,1-3H3,(H2,13,15). The van der Waals surface area contributed by atoms with Crippen molar-refractivity contribution in [3.63, 3.8) is 0 Å². The van der Waals surface area contributed by atoms with Crippen LogP contribution < -0.4 is 11.1 Å². The minimum atomic E-state index is -0.222. The molecule has 0 heterocycles. The summed E-state index contributed by atoms with van der Waals surface area (Å²) in [5.41, 5.74) is 5.11. The van der Waals surface area contributed by atoms with Gasteiger partial charge in [-0.05, 0) is 20.4 Å². The molecule has 0 saturated carbocycles. The molecule has 0 aromatic carbocycles. The van der Waals surface area contributed by atoms with Crippen LogP contribution in [-0.4, -0.2) is 18.5 Å². The molecule has 3 heteroatoms. The van der Waals surface area contributed by atoms with E-state index in [1.165, 1.54) is 32.1 Å². The highest BCUT2D eigenvalue weighted by Crippen LogP contribution is 2.18. The van der Waals surface area contributed by atoms with E-state index in [0.29, 0.717) is 6.42 Å². The summed E-state index contributed by atoms with van der Waals surface area (Å²) in [5.74, 6) is -0.222. The van der Waals surface area contributed by atoms with E-state index in [0.717, 1.165) is 6.42 Å². The summed E-state index contributed by atoms with van der Waals surface area (Å²) in [7, 11) is 1.90. The predicted molar refractivity (Wildman–Crippen MR) is 64.7 cm³/mol.